The third-order valence-electron chi connectivity index (χ3n) is 2.76. The van der Waals surface area contributed by atoms with E-state index in [-0.39, 0.29) is 19.4 Å². The zero-order valence-corrected chi connectivity index (χ0v) is 10.8. The van der Waals surface area contributed by atoms with Gasteiger partial charge in [-0.3, -0.25) is 9.59 Å². The van der Waals surface area contributed by atoms with Crippen molar-refractivity contribution >= 4 is 11.9 Å². The number of carbonyl (C=O) groups is 2. The Bertz CT molecular complexity index is 415. The van der Waals surface area contributed by atoms with Gasteiger partial charge in [-0.1, -0.05) is 30.3 Å². The van der Waals surface area contributed by atoms with E-state index >= 15 is 0 Å². The quantitative estimate of drug-likeness (QED) is 0.725. The highest BCUT2D eigenvalue weighted by molar-refractivity contribution is 5.74. The Labute approximate surface area is 111 Å². The molecule has 104 valence electrons. The summed E-state index contributed by atoms with van der Waals surface area (Å²) in [6, 6.07) is 8.99. The molecule has 0 amide bonds. The Balaban J connectivity index is 2.67. The molecule has 2 atom stereocenters. The maximum Gasteiger partial charge on any atom is 0.309 e. The molecule has 0 unspecified atom stereocenters. The van der Waals surface area contributed by atoms with Crippen molar-refractivity contribution < 1.29 is 24.5 Å². The van der Waals surface area contributed by atoms with Gasteiger partial charge in [-0.25, -0.2) is 0 Å². The van der Waals surface area contributed by atoms with Crippen LogP contribution in [0.1, 0.15) is 18.9 Å². The standard InChI is InChI=1S/C14H18O5/c1-2-19-13(16)9-12(15)11(14(17)18)8-10-6-4-3-5-7-10/h3-7,11-12,15H,2,8-9H2,1H3,(H,17,18)/t11-,12+/m0/s1. The molecule has 0 heterocycles. The molecule has 0 fully saturated rings. The van der Waals surface area contributed by atoms with Crippen molar-refractivity contribution in [3.05, 3.63) is 35.9 Å². The van der Waals surface area contributed by atoms with Crippen molar-refractivity contribution in [2.75, 3.05) is 6.61 Å². The normalized spacial score (nSPS) is 13.6. The van der Waals surface area contributed by atoms with Crippen LogP contribution in [0.4, 0.5) is 0 Å². The summed E-state index contributed by atoms with van der Waals surface area (Å²) in [5, 5.41) is 19.0. The first-order chi connectivity index (χ1) is 9.04. The van der Waals surface area contributed by atoms with Crippen LogP contribution in [-0.2, 0) is 20.7 Å². The van der Waals surface area contributed by atoms with Crippen LogP contribution in [0.2, 0.25) is 0 Å². The van der Waals surface area contributed by atoms with Crippen LogP contribution in [0.3, 0.4) is 0 Å². The number of hydrogen-bond donors (Lipinski definition) is 2. The number of aliphatic carboxylic acids is 1. The average Bonchev–Trinajstić information content (AvgIpc) is 2.36. The molecular formula is C14H18O5. The van der Waals surface area contributed by atoms with Crippen molar-refractivity contribution in [2.24, 2.45) is 5.92 Å². The van der Waals surface area contributed by atoms with E-state index in [0.717, 1.165) is 5.56 Å². The Hall–Kier alpha value is -1.88. The van der Waals surface area contributed by atoms with Gasteiger partial charge < -0.3 is 14.9 Å². The summed E-state index contributed by atoms with van der Waals surface area (Å²) in [4.78, 5) is 22.4. The number of benzene rings is 1. The van der Waals surface area contributed by atoms with Gasteiger partial charge >= 0.3 is 11.9 Å². The van der Waals surface area contributed by atoms with Gasteiger partial charge in [0.2, 0.25) is 0 Å². The van der Waals surface area contributed by atoms with Crippen LogP contribution in [0.15, 0.2) is 30.3 Å². The van der Waals surface area contributed by atoms with E-state index in [1.165, 1.54) is 0 Å². The number of aliphatic hydroxyl groups excluding tert-OH is 1. The number of aliphatic hydroxyl groups is 1. The lowest BCUT2D eigenvalue weighted by molar-refractivity contribution is -0.150. The molecule has 1 rings (SSSR count). The molecule has 0 saturated heterocycles. The minimum Gasteiger partial charge on any atom is -0.481 e. The van der Waals surface area contributed by atoms with Gasteiger partial charge in [-0.2, -0.15) is 0 Å². The zero-order chi connectivity index (χ0) is 14.3. The van der Waals surface area contributed by atoms with Crippen LogP contribution in [0.5, 0.6) is 0 Å². The van der Waals surface area contributed by atoms with Gasteiger partial charge in [0, 0.05) is 0 Å². The predicted octanol–water partition coefficient (Wildman–Crippen LogP) is 1.24. The fourth-order valence-corrected chi connectivity index (χ4v) is 1.79. The van der Waals surface area contributed by atoms with Gasteiger partial charge in [-0.15, -0.1) is 0 Å². The molecule has 5 nitrogen and oxygen atoms in total. The lowest BCUT2D eigenvalue weighted by Gasteiger charge is -2.18. The summed E-state index contributed by atoms with van der Waals surface area (Å²) in [6.45, 7) is 1.87. The minimum atomic E-state index is -1.25. The summed E-state index contributed by atoms with van der Waals surface area (Å²) in [7, 11) is 0. The van der Waals surface area contributed by atoms with E-state index in [1.54, 1.807) is 31.2 Å². The van der Waals surface area contributed by atoms with Gasteiger partial charge in [-0.05, 0) is 18.9 Å². The molecule has 0 saturated carbocycles. The van der Waals surface area contributed by atoms with E-state index in [1.807, 2.05) is 6.07 Å². The molecule has 0 aliphatic heterocycles. The minimum absolute atomic E-state index is 0.177. The first kappa shape index (κ1) is 15.2. The number of rotatable bonds is 7. The van der Waals surface area contributed by atoms with Gasteiger partial charge in [0.1, 0.15) is 0 Å². The first-order valence-electron chi connectivity index (χ1n) is 6.15. The number of hydrogen-bond acceptors (Lipinski definition) is 4. The third kappa shape index (κ3) is 5.09. The van der Waals surface area contributed by atoms with E-state index in [0.29, 0.717) is 0 Å². The number of carbonyl (C=O) groups excluding carboxylic acids is 1. The lowest BCUT2D eigenvalue weighted by atomic mass is 9.92. The van der Waals surface area contributed by atoms with Gasteiger partial charge in [0.05, 0.1) is 25.0 Å². The Morgan fingerprint density at radius 1 is 1.26 bits per heavy atom. The van der Waals surface area contributed by atoms with E-state index < -0.39 is 24.0 Å². The highest BCUT2D eigenvalue weighted by atomic mass is 16.5. The molecular weight excluding hydrogens is 248 g/mol. The summed E-state index contributed by atoms with van der Waals surface area (Å²) in [5.41, 5.74) is 0.804. The van der Waals surface area contributed by atoms with Crippen LogP contribution in [0.25, 0.3) is 0 Å². The smallest absolute Gasteiger partial charge is 0.309 e. The number of ether oxygens (including phenoxy) is 1. The van der Waals surface area contributed by atoms with Crippen molar-refractivity contribution in [1.29, 1.82) is 0 Å². The molecule has 0 aliphatic carbocycles. The van der Waals surface area contributed by atoms with Crippen LogP contribution in [-0.4, -0.2) is 34.9 Å². The van der Waals surface area contributed by atoms with Crippen molar-refractivity contribution in [1.82, 2.24) is 0 Å². The van der Waals surface area contributed by atoms with E-state index in [9.17, 15) is 14.7 Å². The predicted molar refractivity (Wildman–Crippen MR) is 68.5 cm³/mol. The van der Waals surface area contributed by atoms with Crippen molar-refractivity contribution in [3.8, 4) is 0 Å². The Morgan fingerprint density at radius 3 is 2.42 bits per heavy atom. The molecule has 1 aromatic rings. The van der Waals surface area contributed by atoms with Crippen LogP contribution >= 0.6 is 0 Å². The monoisotopic (exact) mass is 266 g/mol. The van der Waals surface area contributed by atoms with Crippen LogP contribution in [0, 0.1) is 5.92 Å². The molecule has 19 heavy (non-hydrogen) atoms. The highest BCUT2D eigenvalue weighted by Crippen LogP contribution is 2.16. The summed E-state index contributed by atoms with van der Waals surface area (Å²) in [6.07, 6.45) is -1.38. The third-order valence-corrected chi connectivity index (χ3v) is 2.76. The Morgan fingerprint density at radius 2 is 1.89 bits per heavy atom. The van der Waals surface area contributed by atoms with Crippen molar-refractivity contribution in [2.45, 2.75) is 25.9 Å². The molecule has 0 radical (unpaired) electrons. The van der Waals surface area contributed by atoms with Gasteiger partial charge in [0.15, 0.2) is 0 Å². The SMILES string of the molecule is CCOC(=O)C[C@@H](O)[C@H](Cc1ccccc1)C(=O)O. The first-order valence-corrected chi connectivity index (χ1v) is 6.15. The van der Waals surface area contributed by atoms with Gasteiger partial charge in [0.25, 0.3) is 0 Å². The second kappa shape index (κ2) is 7.53. The van der Waals surface area contributed by atoms with E-state index in [2.05, 4.69) is 0 Å². The summed E-state index contributed by atoms with van der Waals surface area (Å²) >= 11 is 0. The molecule has 0 spiro atoms. The van der Waals surface area contributed by atoms with E-state index in [4.69, 9.17) is 9.84 Å². The molecule has 2 N–H and O–H groups in total. The molecule has 0 bridgehead atoms. The molecule has 5 heteroatoms. The largest absolute Gasteiger partial charge is 0.481 e. The second-order valence-corrected chi connectivity index (χ2v) is 4.21. The summed E-state index contributed by atoms with van der Waals surface area (Å²) in [5.74, 6) is -2.73. The lowest BCUT2D eigenvalue weighted by Crippen LogP contribution is -2.32. The number of carboxylic acid groups (broad SMARTS) is 1. The summed E-state index contributed by atoms with van der Waals surface area (Å²) < 4.78 is 4.70. The fraction of sp³-hybridized carbons (Fsp3) is 0.429. The van der Waals surface area contributed by atoms with Crippen molar-refractivity contribution in [3.63, 3.8) is 0 Å². The average molecular weight is 266 g/mol. The maximum atomic E-state index is 11.3. The topological polar surface area (TPSA) is 83.8 Å². The Kier molecular flexibility index (Phi) is 6.02. The molecule has 1 aromatic carbocycles. The fourth-order valence-electron chi connectivity index (χ4n) is 1.79. The number of carboxylic acids is 1. The number of esters is 1. The highest BCUT2D eigenvalue weighted by Gasteiger charge is 2.28. The maximum absolute atomic E-state index is 11.3. The molecule has 0 aliphatic rings. The zero-order valence-electron chi connectivity index (χ0n) is 10.8. The molecule has 0 aromatic heterocycles. The second-order valence-electron chi connectivity index (χ2n) is 4.21. The van der Waals surface area contributed by atoms with Crippen LogP contribution < -0.4 is 0 Å².